The number of carbonyl (C=O) groups excluding carboxylic acids is 2. The van der Waals surface area contributed by atoms with Gasteiger partial charge in [0.05, 0.1) is 5.69 Å². The Morgan fingerprint density at radius 3 is 2.75 bits per heavy atom. The van der Waals surface area contributed by atoms with Crippen LogP contribution in [0.2, 0.25) is 0 Å². The number of nitrogens with zero attached hydrogens (tertiary/aromatic N) is 1. The number of hydrogen-bond acceptors (Lipinski definition) is 5. The van der Waals surface area contributed by atoms with Gasteiger partial charge in [-0.15, -0.1) is 0 Å². The smallest absolute Gasteiger partial charge is 0.268 e. The number of ether oxygens (including phenoxy) is 3. The highest BCUT2D eigenvalue weighted by Gasteiger charge is 2.34. The van der Waals surface area contributed by atoms with Gasteiger partial charge in [0, 0.05) is 6.54 Å². The highest BCUT2D eigenvalue weighted by molar-refractivity contribution is 6.03. The number of benzene rings is 2. The lowest BCUT2D eigenvalue weighted by molar-refractivity contribution is -0.129. The van der Waals surface area contributed by atoms with Crippen molar-refractivity contribution < 1.29 is 23.8 Å². The van der Waals surface area contributed by atoms with Crippen molar-refractivity contribution in [3.8, 4) is 17.2 Å². The quantitative estimate of drug-likeness (QED) is 0.860. The summed E-state index contributed by atoms with van der Waals surface area (Å²) in [7, 11) is 0. The lowest BCUT2D eigenvalue weighted by atomic mass is 10.1. The Kier molecular flexibility index (Phi) is 4.81. The minimum absolute atomic E-state index is 0.0559. The van der Waals surface area contributed by atoms with Gasteiger partial charge in [-0.1, -0.05) is 19.1 Å². The summed E-state index contributed by atoms with van der Waals surface area (Å²) in [5, 5.41) is 2.87. The van der Waals surface area contributed by atoms with Crippen molar-refractivity contribution in [2.24, 2.45) is 0 Å². The van der Waals surface area contributed by atoms with Gasteiger partial charge in [-0.2, -0.15) is 0 Å². The molecule has 1 atom stereocenters. The number of anilines is 1. The van der Waals surface area contributed by atoms with Crippen LogP contribution in [0.15, 0.2) is 36.4 Å². The maximum atomic E-state index is 12.8. The van der Waals surface area contributed by atoms with Crippen LogP contribution >= 0.6 is 0 Å². The molecule has 146 valence electrons. The molecule has 7 nitrogen and oxygen atoms in total. The molecule has 2 amide bonds. The Balaban J connectivity index is 1.46. The van der Waals surface area contributed by atoms with Gasteiger partial charge in [-0.3, -0.25) is 14.5 Å². The minimum atomic E-state index is -0.572. The predicted molar refractivity (Wildman–Crippen MR) is 103 cm³/mol. The summed E-state index contributed by atoms with van der Waals surface area (Å²) in [5.41, 5.74) is 2.53. The van der Waals surface area contributed by atoms with Crippen LogP contribution in [0.3, 0.4) is 0 Å². The second-order valence-corrected chi connectivity index (χ2v) is 6.87. The SMILES string of the molecule is CC[C@@H]1Oc2ccc(C)cc2N(CC(=O)NCc2ccc3c(c2)OCO3)C1=O. The van der Waals surface area contributed by atoms with Crippen molar-refractivity contribution in [1.82, 2.24) is 5.32 Å². The van der Waals surface area contributed by atoms with Crippen LogP contribution in [0.5, 0.6) is 17.2 Å². The van der Waals surface area contributed by atoms with Crippen LogP contribution < -0.4 is 24.4 Å². The van der Waals surface area contributed by atoms with Crippen LogP contribution in [0.4, 0.5) is 5.69 Å². The van der Waals surface area contributed by atoms with Gasteiger partial charge in [0.2, 0.25) is 12.7 Å². The van der Waals surface area contributed by atoms with Crippen LogP contribution in [0.25, 0.3) is 0 Å². The molecule has 0 radical (unpaired) electrons. The fraction of sp³-hybridized carbons (Fsp3) is 0.333. The van der Waals surface area contributed by atoms with Crippen molar-refractivity contribution in [3.05, 3.63) is 47.5 Å². The standard InChI is InChI=1S/C21H22N2O5/c1-3-16-21(25)23(15-8-13(2)4-6-17(15)28-16)11-20(24)22-10-14-5-7-18-19(9-14)27-12-26-18/h4-9,16H,3,10-12H2,1-2H3,(H,22,24)/t16-/m0/s1. The van der Waals surface area contributed by atoms with Crippen LogP contribution in [0, 0.1) is 6.92 Å². The third-order valence-corrected chi connectivity index (χ3v) is 4.82. The number of amides is 2. The largest absolute Gasteiger partial charge is 0.478 e. The zero-order valence-electron chi connectivity index (χ0n) is 15.9. The number of nitrogens with one attached hydrogen (secondary N) is 1. The summed E-state index contributed by atoms with van der Waals surface area (Å²) in [6, 6.07) is 11.2. The van der Waals surface area contributed by atoms with E-state index in [1.807, 2.05) is 50.2 Å². The van der Waals surface area contributed by atoms with Gasteiger partial charge in [-0.25, -0.2) is 0 Å². The monoisotopic (exact) mass is 382 g/mol. The Bertz CT molecular complexity index is 927. The van der Waals surface area contributed by atoms with E-state index in [-0.39, 0.29) is 25.2 Å². The number of carbonyl (C=O) groups is 2. The Labute approximate surface area is 163 Å². The first-order valence-electron chi connectivity index (χ1n) is 9.29. The van der Waals surface area contributed by atoms with E-state index >= 15 is 0 Å². The summed E-state index contributed by atoms with van der Waals surface area (Å²) in [6.45, 7) is 4.32. The first-order chi connectivity index (χ1) is 13.5. The van der Waals surface area contributed by atoms with E-state index in [2.05, 4.69) is 5.32 Å². The molecule has 2 aromatic rings. The number of fused-ring (bicyclic) bond motifs is 2. The van der Waals surface area contributed by atoms with Crippen molar-refractivity contribution in [2.75, 3.05) is 18.2 Å². The molecule has 2 aliphatic heterocycles. The molecule has 0 fully saturated rings. The Morgan fingerprint density at radius 1 is 1.14 bits per heavy atom. The topological polar surface area (TPSA) is 77.1 Å². The maximum Gasteiger partial charge on any atom is 0.268 e. The van der Waals surface area contributed by atoms with E-state index < -0.39 is 6.10 Å². The molecule has 0 saturated heterocycles. The van der Waals surface area contributed by atoms with Gasteiger partial charge in [0.15, 0.2) is 17.6 Å². The van der Waals surface area contributed by atoms with Crippen molar-refractivity contribution in [3.63, 3.8) is 0 Å². The van der Waals surface area contributed by atoms with E-state index in [1.54, 1.807) is 0 Å². The van der Waals surface area contributed by atoms with Crippen LogP contribution in [0.1, 0.15) is 24.5 Å². The summed E-state index contributed by atoms with van der Waals surface area (Å²) in [4.78, 5) is 26.8. The zero-order chi connectivity index (χ0) is 19.7. The van der Waals surface area contributed by atoms with Gasteiger partial charge in [0.25, 0.3) is 5.91 Å². The molecule has 28 heavy (non-hydrogen) atoms. The molecule has 4 rings (SSSR count). The fourth-order valence-corrected chi connectivity index (χ4v) is 3.31. The van der Waals surface area contributed by atoms with E-state index in [1.165, 1.54) is 4.90 Å². The lowest BCUT2D eigenvalue weighted by Crippen LogP contribution is -2.49. The van der Waals surface area contributed by atoms with E-state index in [0.29, 0.717) is 35.9 Å². The second kappa shape index (κ2) is 7.42. The summed E-state index contributed by atoms with van der Waals surface area (Å²) < 4.78 is 16.4. The summed E-state index contributed by atoms with van der Waals surface area (Å²) in [5.74, 6) is 1.56. The highest BCUT2D eigenvalue weighted by atomic mass is 16.7. The van der Waals surface area contributed by atoms with Gasteiger partial charge in [0.1, 0.15) is 12.3 Å². The molecule has 2 aromatic carbocycles. The number of rotatable bonds is 5. The molecule has 0 aromatic heterocycles. The Hall–Kier alpha value is -3.22. The van der Waals surface area contributed by atoms with Crippen molar-refractivity contribution in [1.29, 1.82) is 0 Å². The molecular formula is C21H22N2O5. The second-order valence-electron chi connectivity index (χ2n) is 6.87. The zero-order valence-corrected chi connectivity index (χ0v) is 15.9. The molecule has 7 heteroatoms. The molecule has 2 aliphatic rings. The molecule has 0 saturated carbocycles. The van der Waals surface area contributed by atoms with Crippen LogP contribution in [-0.4, -0.2) is 31.3 Å². The molecule has 0 aliphatic carbocycles. The van der Waals surface area contributed by atoms with Crippen molar-refractivity contribution >= 4 is 17.5 Å². The fourth-order valence-electron chi connectivity index (χ4n) is 3.31. The first-order valence-corrected chi connectivity index (χ1v) is 9.29. The average molecular weight is 382 g/mol. The van der Waals surface area contributed by atoms with Crippen LogP contribution in [-0.2, 0) is 16.1 Å². The van der Waals surface area contributed by atoms with Gasteiger partial charge >= 0.3 is 0 Å². The summed E-state index contributed by atoms with van der Waals surface area (Å²) in [6.07, 6.45) is -0.0292. The lowest BCUT2D eigenvalue weighted by Gasteiger charge is -2.33. The molecule has 0 bridgehead atoms. The highest BCUT2D eigenvalue weighted by Crippen LogP contribution is 2.35. The summed E-state index contributed by atoms with van der Waals surface area (Å²) >= 11 is 0. The van der Waals surface area contributed by atoms with Gasteiger partial charge in [-0.05, 0) is 48.7 Å². The third-order valence-electron chi connectivity index (χ3n) is 4.82. The third kappa shape index (κ3) is 3.47. The van der Waals surface area contributed by atoms with E-state index in [4.69, 9.17) is 14.2 Å². The molecular weight excluding hydrogens is 360 g/mol. The van der Waals surface area contributed by atoms with E-state index in [9.17, 15) is 9.59 Å². The normalized spacial score (nSPS) is 17.1. The molecule has 0 unspecified atom stereocenters. The minimum Gasteiger partial charge on any atom is -0.478 e. The Morgan fingerprint density at radius 2 is 1.93 bits per heavy atom. The number of hydrogen-bond donors (Lipinski definition) is 1. The first kappa shape index (κ1) is 18.2. The predicted octanol–water partition coefficient (Wildman–Crippen LogP) is 2.54. The van der Waals surface area contributed by atoms with E-state index in [0.717, 1.165) is 11.1 Å². The average Bonchev–Trinajstić information content (AvgIpc) is 3.16. The van der Waals surface area contributed by atoms with Gasteiger partial charge < -0.3 is 19.5 Å². The number of aryl methyl sites for hydroxylation is 1. The molecule has 0 spiro atoms. The maximum absolute atomic E-state index is 12.8. The van der Waals surface area contributed by atoms with Crippen molar-refractivity contribution in [2.45, 2.75) is 32.9 Å². The molecule has 1 N–H and O–H groups in total. The molecule has 2 heterocycles.